The zero-order chi connectivity index (χ0) is 27.4. The van der Waals surface area contributed by atoms with Gasteiger partial charge in [0, 0.05) is 12.3 Å². The summed E-state index contributed by atoms with van der Waals surface area (Å²) in [4.78, 5) is 38.1. The fraction of sp³-hybridized carbons (Fsp3) is 0.478. The minimum atomic E-state index is -4.27. The van der Waals surface area contributed by atoms with Crippen molar-refractivity contribution in [3.8, 4) is 11.8 Å². The molecule has 1 saturated heterocycles. The van der Waals surface area contributed by atoms with Gasteiger partial charge in [-0.2, -0.15) is 10.3 Å². The second kappa shape index (κ2) is 11.4. The van der Waals surface area contributed by atoms with E-state index in [0.717, 1.165) is 16.8 Å². The number of rotatable bonds is 10. The number of ether oxygens (including phenoxy) is 2. The molecule has 1 aliphatic rings. The number of hydrogen-bond donors (Lipinski definition) is 3. The van der Waals surface area contributed by atoms with Crippen molar-refractivity contribution in [3.63, 3.8) is 0 Å². The maximum atomic E-state index is 13.7. The highest BCUT2D eigenvalue weighted by atomic mass is 31.2. The fourth-order valence-corrected chi connectivity index (χ4v) is 5.14. The first-order valence-corrected chi connectivity index (χ1v) is 13.0. The molecule has 0 radical (unpaired) electrons. The van der Waals surface area contributed by atoms with Crippen LogP contribution in [0.2, 0.25) is 0 Å². The Balaban J connectivity index is 1.84. The van der Waals surface area contributed by atoms with Crippen LogP contribution in [0.3, 0.4) is 0 Å². The van der Waals surface area contributed by atoms with Crippen LogP contribution in [-0.2, 0) is 23.4 Å². The average molecular weight is 536 g/mol. The highest BCUT2D eigenvalue weighted by molar-refractivity contribution is 7.52. The smallest absolute Gasteiger partial charge is 0.459 e. The van der Waals surface area contributed by atoms with E-state index in [2.05, 4.69) is 10.1 Å². The number of aliphatic hydroxyl groups excluding tert-OH is 1. The molecule has 1 aliphatic heterocycles. The van der Waals surface area contributed by atoms with Crippen molar-refractivity contribution >= 4 is 13.7 Å². The maximum absolute atomic E-state index is 13.7. The van der Waals surface area contributed by atoms with Crippen LogP contribution in [0.4, 0.5) is 0 Å². The van der Waals surface area contributed by atoms with Gasteiger partial charge in [0.25, 0.3) is 5.56 Å². The summed E-state index contributed by atoms with van der Waals surface area (Å²) in [5.41, 5.74) is -3.12. The number of carbonyl (C=O) groups excluding carboxylic acids is 1. The lowest BCUT2D eigenvalue weighted by Crippen LogP contribution is -2.41. The van der Waals surface area contributed by atoms with Crippen molar-refractivity contribution in [2.45, 2.75) is 58.3 Å². The molecular formula is C23H29N4O9P. The Bertz CT molecular complexity index is 1310. The Labute approximate surface area is 212 Å². The number of nitrogens with one attached hydrogen (secondary N) is 2. The van der Waals surface area contributed by atoms with Crippen LogP contribution in [0.5, 0.6) is 5.75 Å². The number of carbonyl (C=O) groups is 1. The van der Waals surface area contributed by atoms with Gasteiger partial charge >= 0.3 is 19.4 Å². The Morgan fingerprint density at radius 2 is 1.97 bits per heavy atom. The van der Waals surface area contributed by atoms with E-state index in [4.69, 9.17) is 18.5 Å². The summed E-state index contributed by atoms with van der Waals surface area (Å²) < 4.78 is 36.7. The van der Waals surface area contributed by atoms with Crippen molar-refractivity contribution in [3.05, 3.63) is 63.4 Å². The second-order valence-electron chi connectivity index (χ2n) is 8.92. The zero-order valence-corrected chi connectivity index (χ0v) is 21.6. The molecule has 0 bridgehead atoms. The zero-order valence-electron chi connectivity index (χ0n) is 20.7. The van der Waals surface area contributed by atoms with Crippen LogP contribution < -0.4 is 20.9 Å². The quantitative estimate of drug-likeness (QED) is 0.295. The van der Waals surface area contributed by atoms with Crippen LogP contribution in [0, 0.1) is 16.7 Å². The van der Waals surface area contributed by atoms with E-state index in [9.17, 15) is 29.3 Å². The van der Waals surface area contributed by atoms with Crippen molar-refractivity contribution in [2.24, 2.45) is 5.41 Å². The van der Waals surface area contributed by atoms with E-state index in [1.165, 1.54) is 26.0 Å². The van der Waals surface area contributed by atoms with Crippen LogP contribution in [0.25, 0.3) is 0 Å². The van der Waals surface area contributed by atoms with Gasteiger partial charge in [-0.05, 0) is 39.8 Å². The molecular weight excluding hydrogens is 507 g/mol. The van der Waals surface area contributed by atoms with Gasteiger partial charge in [0.05, 0.1) is 18.8 Å². The SMILES string of the molecule is CC(C)OC(=O)[C@H](C)NP(=O)(OC[C@H]1O[C@@H](n2ccc(=O)[nH]c2=O)C(C)(C#N)[C@@H]1O)Oc1ccccc1. The highest BCUT2D eigenvalue weighted by Crippen LogP contribution is 2.48. The first-order valence-electron chi connectivity index (χ1n) is 11.4. The highest BCUT2D eigenvalue weighted by Gasteiger charge is 2.55. The molecule has 1 fully saturated rings. The fourth-order valence-electron chi connectivity index (χ4n) is 3.64. The predicted molar refractivity (Wildman–Crippen MR) is 129 cm³/mol. The molecule has 2 aromatic rings. The molecule has 2 heterocycles. The van der Waals surface area contributed by atoms with Crippen molar-refractivity contribution in [1.29, 1.82) is 5.26 Å². The molecule has 0 spiro atoms. The number of esters is 1. The molecule has 200 valence electrons. The third kappa shape index (κ3) is 6.54. The van der Waals surface area contributed by atoms with Crippen LogP contribution in [0.15, 0.2) is 52.2 Å². The summed E-state index contributed by atoms with van der Waals surface area (Å²) in [5, 5.41) is 23.2. The lowest BCUT2D eigenvalue weighted by atomic mass is 9.84. The van der Waals surface area contributed by atoms with E-state index >= 15 is 0 Å². The molecule has 3 N–H and O–H groups in total. The molecule has 13 nitrogen and oxygen atoms in total. The molecule has 2 unspecified atom stereocenters. The standard InChI is InChI=1S/C23H29N4O9P/c1-14(2)34-20(30)15(3)26-37(32,36-16-8-6-5-7-9-16)33-12-17-19(29)23(4,13-24)21(35-17)27-11-10-18(28)25-22(27)31/h5-11,14-15,17,19,21,29H,12H2,1-4H3,(H,26,32)(H,25,28,31)/t15-,17+,19+,21+,23?,37?/m0/s1. The van der Waals surface area contributed by atoms with Gasteiger partial charge in [-0.25, -0.2) is 9.36 Å². The normalized spacial score (nSPS) is 25.7. The van der Waals surface area contributed by atoms with Crippen LogP contribution in [-0.4, -0.2) is 51.6 Å². The molecule has 1 aromatic carbocycles. The largest absolute Gasteiger partial charge is 0.462 e. The van der Waals surface area contributed by atoms with Crippen molar-refractivity contribution < 1.29 is 33.0 Å². The van der Waals surface area contributed by atoms with Gasteiger partial charge in [0.2, 0.25) is 0 Å². The van der Waals surface area contributed by atoms with E-state index < -0.39 is 67.6 Å². The average Bonchev–Trinajstić information content (AvgIpc) is 3.08. The Morgan fingerprint density at radius 1 is 1.30 bits per heavy atom. The molecule has 0 aliphatic carbocycles. The van der Waals surface area contributed by atoms with Gasteiger partial charge in [-0.3, -0.25) is 23.7 Å². The minimum Gasteiger partial charge on any atom is -0.462 e. The lowest BCUT2D eigenvalue weighted by Gasteiger charge is -2.26. The third-order valence-electron chi connectivity index (χ3n) is 5.56. The number of nitriles is 1. The number of nitrogens with zero attached hydrogens (tertiary/aromatic N) is 2. The van der Waals surface area contributed by atoms with Gasteiger partial charge in [-0.1, -0.05) is 18.2 Å². The Morgan fingerprint density at radius 3 is 2.57 bits per heavy atom. The molecule has 37 heavy (non-hydrogen) atoms. The lowest BCUT2D eigenvalue weighted by molar-refractivity contribution is -0.149. The molecule has 3 rings (SSSR count). The number of benzene rings is 1. The first kappa shape index (κ1) is 28.3. The van der Waals surface area contributed by atoms with Crippen molar-refractivity contribution in [1.82, 2.24) is 14.6 Å². The molecule has 0 amide bonds. The number of aromatic amines is 1. The van der Waals surface area contributed by atoms with Crippen LogP contribution in [0.1, 0.15) is 33.9 Å². The molecule has 1 aromatic heterocycles. The van der Waals surface area contributed by atoms with E-state index in [0.29, 0.717) is 0 Å². The Kier molecular flexibility index (Phi) is 8.73. The van der Waals surface area contributed by atoms with Gasteiger partial charge in [0.1, 0.15) is 29.4 Å². The van der Waals surface area contributed by atoms with Crippen molar-refractivity contribution in [2.75, 3.05) is 6.61 Å². The molecule has 6 atom stereocenters. The number of H-pyrrole nitrogens is 1. The number of para-hydroxylation sites is 1. The summed E-state index contributed by atoms with van der Waals surface area (Å²) in [7, 11) is -4.27. The van der Waals surface area contributed by atoms with Crippen LogP contribution >= 0.6 is 7.75 Å². The number of hydrogen-bond acceptors (Lipinski definition) is 10. The van der Waals surface area contributed by atoms with E-state index in [1.807, 2.05) is 6.07 Å². The summed E-state index contributed by atoms with van der Waals surface area (Å²) in [6.07, 6.45) is -3.29. The molecule has 14 heteroatoms. The van der Waals surface area contributed by atoms with Gasteiger partial charge in [0.15, 0.2) is 6.23 Å². The maximum Gasteiger partial charge on any atom is 0.459 e. The van der Waals surface area contributed by atoms with E-state index in [-0.39, 0.29) is 5.75 Å². The number of aliphatic hydroxyl groups is 1. The molecule has 0 saturated carbocycles. The third-order valence-corrected chi connectivity index (χ3v) is 7.21. The number of aromatic nitrogens is 2. The van der Waals surface area contributed by atoms with Gasteiger partial charge in [-0.15, -0.1) is 0 Å². The summed E-state index contributed by atoms with van der Waals surface area (Å²) >= 11 is 0. The summed E-state index contributed by atoms with van der Waals surface area (Å²) in [5.74, 6) is -0.516. The summed E-state index contributed by atoms with van der Waals surface area (Å²) in [6.45, 7) is 5.58. The second-order valence-corrected chi connectivity index (χ2v) is 10.6. The minimum absolute atomic E-state index is 0.176. The monoisotopic (exact) mass is 536 g/mol. The summed E-state index contributed by atoms with van der Waals surface area (Å²) in [6, 6.07) is 10.00. The predicted octanol–water partition coefficient (Wildman–Crippen LogP) is 1.46. The van der Waals surface area contributed by atoms with Gasteiger partial charge < -0.3 is 19.1 Å². The topological polar surface area (TPSA) is 182 Å². The first-order chi connectivity index (χ1) is 17.4. The van der Waals surface area contributed by atoms with E-state index in [1.54, 1.807) is 32.0 Å². The Hall–Kier alpha value is -3.27.